The Hall–Kier alpha value is -1.90. The lowest BCUT2D eigenvalue weighted by Gasteiger charge is -2.23. The van der Waals surface area contributed by atoms with Gasteiger partial charge in [-0.1, -0.05) is 11.8 Å². The summed E-state index contributed by atoms with van der Waals surface area (Å²) in [5.41, 5.74) is 5.60. The van der Waals surface area contributed by atoms with Crippen molar-refractivity contribution in [2.45, 2.75) is 18.9 Å². The normalized spacial score (nSPS) is 21.1. The fraction of sp³-hybridized carbons (Fsp3) is 0.400. The standard InChI is InChI=1S/C15H17FN2O2/c1-15(6-8-20-10-15)18-14(19)13-9-12(16)5-4-11(13)3-2-7-17/h4-5,9H,6-8,10,17H2,1H3,(H,18,19). The highest BCUT2D eigenvalue weighted by molar-refractivity contribution is 5.97. The summed E-state index contributed by atoms with van der Waals surface area (Å²) >= 11 is 0. The predicted octanol–water partition coefficient (Wildman–Crippen LogP) is 1.04. The molecule has 0 aromatic heterocycles. The molecule has 1 aliphatic heterocycles. The maximum absolute atomic E-state index is 13.4. The van der Waals surface area contributed by atoms with Crippen molar-refractivity contribution in [2.75, 3.05) is 19.8 Å². The van der Waals surface area contributed by atoms with Crippen molar-refractivity contribution >= 4 is 5.91 Å². The molecule has 1 aliphatic rings. The third-order valence-corrected chi connectivity index (χ3v) is 3.19. The van der Waals surface area contributed by atoms with Crippen LogP contribution in [0.2, 0.25) is 0 Å². The SMILES string of the molecule is CC1(NC(=O)c2cc(F)ccc2C#CCN)CCOC1. The average molecular weight is 276 g/mol. The Morgan fingerprint density at radius 2 is 2.40 bits per heavy atom. The number of carbonyl (C=O) groups is 1. The highest BCUT2D eigenvalue weighted by atomic mass is 19.1. The van der Waals surface area contributed by atoms with E-state index in [4.69, 9.17) is 10.5 Å². The molecule has 1 atom stereocenters. The van der Waals surface area contributed by atoms with Crippen LogP contribution in [0.5, 0.6) is 0 Å². The van der Waals surface area contributed by atoms with E-state index in [1.807, 2.05) is 6.92 Å². The second-order valence-corrected chi connectivity index (χ2v) is 5.01. The Morgan fingerprint density at radius 1 is 1.60 bits per heavy atom. The van der Waals surface area contributed by atoms with Crippen molar-refractivity contribution in [1.29, 1.82) is 0 Å². The molecule has 3 N–H and O–H groups in total. The van der Waals surface area contributed by atoms with E-state index in [1.165, 1.54) is 18.2 Å². The van der Waals surface area contributed by atoms with E-state index in [1.54, 1.807) is 0 Å². The quantitative estimate of drug-likeness (QED) is 0.793. The van der Waals surface area contributed by atoms with Crippen LogP contribution in [0.3, 0.4) is 0 Å². The van der Waals surface area contributed by atoms with Gasteiger partial charge in [0.2, 0.25) is 0 Å². The Bertz CT molecular complexity index is 569. The minimum Gasteiger partial charge on any atom is -0.379 e. The lowest BCUT2D eigenvalue weighted by molar-refractivity contribution is 0.0889. The molecule has 2 rings (SSSR count). The molecule has 1 aromatic carbocycles. The fourth-order valence-electron chi connectivity index (χ4n) is 2.07. The van der Waals surface area contributed by atoms with Crippen molar-refractivity contribution in [3.63, 3.8) is 0 Å². The first-order valence-corrected chi connectivity index (χ1v) is 6.43. The highest BCUT2D eigenvalue weighted by Crippen LogP contribution is 2.19. The smallest absolute Gasteiger partial charge is 0.253 e. The number of ether oxygens (including phenoxy) is 1. The molecule has 0 aliphatic carbocycles. The van der Waals surface area contributed by atoms with Gasteiger partial charge in [-0.15, -0.1) is 0 Å². The van der Waals surface area contributed by atoms with Crippen LogP contribution in [-0.2, 0) is 4.74 Å². The van der Waals surface area contributed by atoms with Crippen LogP contribution in [0.25, 0.3) is 0 Å². The Labute approximate surface area is 117 Å². The van der Waals surface area contributed by atoms with Crippen LogP contribution in [0.15, 0.2) is 18.2 Å². The number of hydrogen-bond acceptors (Lipinski definition) is 3. The van der Waals surface area contributed by atoms with E-state index in [0.717, 1.165) is 6.42 Å². The summed E-state index contributed by atoms with van der Waals surface area (Å²) < 4.78 is 18.6. The van der Waals surface area contributed by atoms with Crippen molar-refractivity contribution in [3.05, 3.63) is 35.1 Å². The summed E-state index contributed by atoms with van der Waals surface area (Å²) in [5, 5.41) is 2.89. The number of hydrogen-bond donors (Lipinski definition) is 2. The van der Waals surface area contributed by atoms with Gasteiger partial charge >= 0.3 is 0 Å². The molecule has 0 saturated carbocycles. The van der Waals surface area contributed by atoms with Crippen LogP contribution in [0, 0.1) is 17.7 Å². The second kappa shape index (κ2) is 6.04. The van der Waals surface area contributed by atoms with Gasteiger partial charge in [-0.05, 0) is 31.5 Å². The summed E-state index contributed by atoms with van der Waals surface area (Å²) in [6, 6.07) is 3.95. The van der Waals surface area contributed by atoms with E-state index in [-0.39, 0.29) is 18.0 Å². The number of rotatable bonds is 2. The van der Waals surface area contributed by atoms with Crippen LogP contribution in [0.4, 0.5) is 4.39 Å². The molecular weight excluding hydrogens is 259 g/mol. The first kappa shape index (κ1) is 14.5. The number of amides is 1. The molecule has 20 heavy (non-hydrogen) atoms. The van der Waals surface area contributed by atoms with Crippen LogP contribution in [-0.4, -0.2) is 31.2 Å². The molecule has 1 unspecified atom stereocenters. The topological polar surface area (TPSA) is 64.4 Å². The highest BCUT2D eigenvalue weighted by Gasteiger charge is 2.32. The largest absolute Gasteiger partial charge is 0.379 e. The fourth-order valence-corrected chi connectivity index (χ4v) is 2.07. The number of nitrogens with two attached hydrogens (primary N) is 1. The number of carbonyl (C=O) groups excluding carboxylic acids is 1. The zero-order chi connectivity index (χ0) is 14.6. The molecule has 106 valence electrons. The van der Waals surface area contributed by atoms with Crippen molar-refractivity contribution in [1.82, 2.24) is 5.32 Å². The minimum atomic E-state index is -0.471. The summed E-state index contributed by atoms with van der Waals surface area (Å²) in [4.78, 5) is 12.3. The van der Waals surface area contributed by atoms with Crippen molar-refractivity contribution < 1.29 is 13.9 Å². The first-order chi connectivity index (χ1) is 9.54. The minimum absolute atomic E-state index is 0.185. The molecule has 1 heterocycles. The maximum Gasteiger partial charge on any atom is 0.253 e. The van der Waals surface area contributed by atoms with Gasteiger partial charge in [0.05, 0.1) is 24.3 Å². The Morgan fingerprint density at radius 3 is 3.05 bits per heavy atom. The van der Waals surface area contributed by atoms with Gasteiger partial charge in [-0.3, -0.25) is 4.79 Å². The van der Waals surface area contributed by atoms with Gasteiger partial charge in [0.15, 0.2) is 0 Å². The van der Waals surface area contributed by atoms with E-state index in [2.05, 4.69) is 17.2 Å². The summed E-state index contributed by atoms with van der Waals surface area (Å²) in [5.74, 6) is 4.64. The Balaban J connectivity index is 2.26. The van der Waals surface area contributed by atoms with E-state index in [9.17, 15) is 9.18 Å². The monoisotopic (exact) mass is 276 g/mol. The van der Waals surface area contributed by atoms with E-state index in [0.29, 0.717) is 18.8 Å². The molecule has 1 saturated heterocycles. The lowest BCUT2D eigenvalue weighted by Crippen LogP contribution is -2.46. The van der Waals surface area contributed by atoms with Gasteiger partial charge in [0, 0.05) is 12.2 Å². The van der Waals surface area contributed by atoms with Gasteiger partial charge in [-0.25, -0.2) is 4.39 Å². The molecule has 0 radical (unpaired) electrons. The lowest BCUT2D eigenvalue weighted by atomic mass is 10.00. The Kier molecular flexibility index (Phi) is 4.38. The molecule has 1 fully saturated rings. The molecule has 5 heteroatoms. The second-order valence-electron chi connectivity index (χ2n) is 5.01. The third-order valence-electron chi connectivity index (χ3n) is 3.19. The van der Waals surface area contributed by atoms with Gasteiger partial charge in [0.1, 0.15) is 5.82 Å². The average Bonchev–Trinajstić information content (AvgIpc) is 2.83. The molecule has 4 nitrogen and oxygen atoms in total. The number of benzene rings is 1. The first-order valence-electron chi connectivity index (χ1n) is 6.43. The number of halogens is 1. The third kappa shape index (κ3) is 3.35. The maximum atomic E-state index is 13.4. The molecule has 0 spiro atoms. The van der Waals surface area contributed by atoms with Crippen molar-refractivity contribution in [2.24, 2.45) is 5.73 Å². The van der Waals surface area contributed by atoms with Crippen LogP contribution < -0.4 is 11.1 Å². The van der Waals surface area contributed by atoms with Gasteiger partial charge < -0.3 is 15.8 Å². The summed E-state index contributed by atoms with van der Waals surface area (Å²) in [6.45, 7) is 3.16. The van der Waals surface area contributed by atoms with Gasteiger partial charge in [0.25, 0.3) is 5.91 Å². The molecule has 1 amide bonds. The predicted molar refractivity (Wildman–Crippen MR) is 73.6 cm³/mol. The molecule has 1 aromatic rings. The summed E-state index contributed by atoms with van der Waals surface area (Å²) in [7, 11) is 0. The van der Waals surface area contributed by atoms with E-state index < -0.39 is 11.4 Å². The van der Waals surface area contributed by atoms with Crippen LogP contribution in [0.1, 0.15) is 29.3 Å². The summed E-state index contributed by atoms with van der Waals surface area (Å²) in [6.07, 6.45) is 0.734. The van der Waals surface area contributed by atoms with Crippen LogP contribution >= 0.6 is 0 Å². The molecule has 0 bridgehead atoms. The van der Waals surface area contributed by atoms with Gasteiger partial charge in [-0.2, -0.15) is 0 Å². The number of nitrogens with one attached hydrogen (secondary N) is 1. The van der Waals surface area contributed by atoms with E-state index >= 15 is 0 Å². The molecular formula is C15H17FN2O2. The zero-order valence-electron chi connectivity index (χ0n) is 11.3. The van der Waals surface area contributed by atoms with Crippen molar-refractivity contribution in [3.8, 4) is 11.8 Å². The zero-order valence-corrected chi connectivity index (χ0v) is 11.3.